The van der Waals surface area contributed by atoms with E-state index in [1.54, 1.807) is 13.8 Å². The molecule has 0 aliphatic heterocycles. The quantitative estimate of drug-likeness (QED) is 0.270. The second-order valence-corrected chi connectivity index (χ2v) is 10.8. The Hall–Kier alpha value is -3.29. The van der Waals surface area contributed by atoms with Crippen molar-refractivity contribution in [3.8, 4) is 0 Å². The van der Waals surface area contributed by atoms with Crippen molar-refractivity contribution in [3.63, 3.8) is 0 Å². The highest BCUT2D eigenvalue weighted by Crippen LogP contribution is 2.46. The third kappa shape index (κ3) is 9.26. The lowest BCUT2D eigenvalue weighted by Gasteiger charge is -2.28. The first-order valence-electron chi connectivity index (χ1n) is 12.1. The van der Waals surface area contributed by atoms with Crippen molar-refractivity contribution in [2.24, 2.45) is 11.7 Å². The van der Waals surface area contributed by atoms with Crippen LogP contribution in [0.2, 0.25) is 0 Å². The predicted molar refractivity (Wildman–Crippen MR) is 143 cm³/mol. The Morgan fingerprint density at radius 1 is 0.784 bits per heavy atom. The third-order valence-electron chi connectivity index (χ3n) is 5.68. The summed E-state index contributed by atoms with van der Waals surface area (Å²) >= 11 is 0. The van der Waals surface area contributed by atoms with Gasteiger partial charge < -0.3 is 11.1 Å². The van der Waals surface area contributed by atoms with E-state index in [0.29, 0.717) is 0 Å². The fraction of sp³-hybridized carbons (Fsp3) is 0.286. The number of benzene rings is 3. The number of amides is 2. The standard InChI is InChI=1S/C28H34N3O5P/c1-21(2)26(28(33)30-25(27(29)32)18-22-12-6-3-7-13-22)31-37(34,35-19-23-14-8-4-9-15-23)36-20-24-16-10-5-11-17-24/h3-17,21,25-26H,18-20H2,1-2H3,(H2,29,32)(H,30,33)(H,31,34)/t25-,26-/m0/s1. The van der Waals surface area contributed by atoms with E-state index >= 15 is 0 Å². The minimum absolute atomic E-state index is 0.0181. The summed E-state index contributed by atoms with van der Waals surface area (Å²) in [7, 11) is -3.97. The molecular weight excluding hydrogens is 489 g/mol. The Balaban J connectivity index is 1.76. The van der Waals surface area contributed by atoms with E-state index in [2.05, 4.69) is 10.4 Å². The lowest BCUT2D eigenvalue weighted by molar-refractivity contribution is -0.129. The molecule has 2 amide bonds. The first kappa shape index (κ1) is 28.3. The maximum atomic E-state index is 13.9. The van der Waals surface area contributed by atoms with Gasteiger partial charge in [0.2, 0.25) is 11.8 Å². The van der Waals surface area contributed by atoms with Gasteiger partial charge in [0, 0.05) is 6.42 Å². The van der Waals surface area contributed by atoms with Crippen LogP contribution in [0.1, 0.15) is 30.5 Å². The van der Waals surface area contributed by atoms with Crippen molar-refractivity contribution in [1.82, 2.24) is 10.4 Å². The molecule has 3 rings (SSSR count). The van der Waals surface area contributed by atoms with E-state index in [-0.39, 0.29) is 25.6 Å². The van der Waals surface area contributed by atoms with Gasteiger partial charge in [0.1, 0.15) is 6.04 Å². The van der Waals surface area contributed by atoms with Crippen molar-refractivity contribution >= 4 is 19.6 Å². The Morgan fingerprint density at radius 3 is 1.62 bits per heavy atom. The van der Waals surface area contributed by atoms with Crippen molar-refractivity contribution in [1.29, 1.82) is 0 Å². The molecular formula is C28H34N3O5P. The van der Waals surface area contributed by atoms with Gasteiger partial charge >= 0.3 is 7.75 Å². The van der Waals surface area contributed by atoms with Gasteiger partial charge in [0.25, 0.3) is 0 Å². The minimum atomic E-state index is -3.97. The van der Waals surface area contributed by atoms with E-state index < -0.39 is 31.6 Å². The number of carbonyl (C=O) groups is 2. The summed E-state index contributed by atoms with van der Waals surface area (Å²) in [5, 5.41) is 5.53. The number of rotatable bonds is 14. The number of nitrogens with one attached hydrogen (secondary N) is 2. The first-order chi connectivity index (χ1) is 17.8. The molecule has 0 saturated carbocycles. The maximum Gasteiger partial charge on any atom is 0.406 e. The van der Waals surface area contributed by atoms with Gasteiger partial charge in [-0.2, -0.15) is 0 Å². The molecule has 3 aromatic carbocycles. The van der Waals surface area contributed by atoms with Gasteiger partial charge in [-0.05, 0) is 22.6 Å². The summed E-state index contributed by atoms with van der Waals surface area (Å²) in [5.41, 5.74) is 8.03. The van der Waals surface area contributed by atoms with Crippen LogP contribution in [0.25, 0.3) is 0 Å². The molecule has 0 heterocycles. The van der Waals surface area contributed by atoms with Gasteiger partial charge in [-0.25, -0.2) is 9.65 Å². The maximum absolute atomic E-state index is 13.9. The molecule has 0 unspecified atom stereocenters. The molecule has 0 fully saturated rings. The van der Waals surface area contributed by atoms with Crippen LogP contribution in [-0.4, -0.2) is 23.9 Å². The lowest BCUT2D eigenvalue weighted by atomic mass is 10.0. The number of carbonyl (C=O) groups excluding carboxylic acids is 2. The van der Waals surface area contributed by atoms with Crippen LogP contribution in [0.15, 0.2) is 91.0 Å². The molecule has 0 aliphatic rings. The van der Waals surface area contributed by atoms with Crippen LogP contribution in [0.5, 0.6) is 0 Å². The fourth-order valence-corrected chi connectivity index (χ4v) is 5.21. The van der Waals surface area contributed by atoms with E-state index in [4.69, 9.17) is 14.8 Å². The number of hydrogen-bond donors (Lipinski definition) is 3. The van der Waals surface area contributed by atoms with Crippen molar-refractivity contribution in [2.75, 3.05) is 0 Å². The molecule has 0 bridgehead atoms. The van der Waals surface area contributed by atoms with E-state index in [0.717, 1.165) is 16.7 Å². The topological polar surface area (TPSA) is 120 Å². The van der Waals surface area contributed by atoms with Crippen LogP contribution >= 0.6 is 7.75 Å². The molecule has 3 aromatic rings. The zero-order valence-corrected chi connectivity index (χ0v) is 22.0. The highest BCUT2D eigenvalue weighted by atomic mass is 31.2. The Morgan fingerprint density at radius 2 is 1.22 bits per heavy atom. The average Bonchev–Trinajstić information content (AvgIpc) is 2.91. The summed E-state index contributed by atoms with van der Waals surface area (Å²) in [6.07, 6.45) is 0.236. The molecule has 0 radical (unpaired) electrons. The molecule has 196 valence electrons. The zero-order valence-electron chi connectivity index (χ0n) is 21.1. The van der Waals surface area contributed by atoms with Gasteiger partial charge in [0.15, 0.2) is 0 Å². The molecule has 9 heteroatoms. The van der Waals surface area contributed by atoms with Crippen LogP contribution in [0.4, 0.5) is 0 Å². The molecule has 8 nitrogen and oxygen atoms in total. The van der Waals surface area contributed by atoms with Gasteiger partial charge in [-0.3, -0.25) is 18.6 Å². The number of hydrogen-bond acceptors (Lipinski definition) is 5. The van der Waals surface area contributed by atoms with E-state index in [9.17, 15) is 14.2 Å². The molecule has 4 N–H and O–H groups in total. The predicted octanol–water partition coefficient (Wildman–Crippen LogP) is 4.36. The molecule has 0 aliphatic carbocycles. The van der Waals surface area contributed by atoms with Gasteiger partial charge in [-0.1, -0.05) is 105 Å². The highest BCUT2D eigenvalue weighted by Gasteiger charge is 2.35. The van der Waals surface area contributed by atoms with Gasteiger partial charge in [0.05, 0.1) is 19.3 Å². The normalized spacial score (nSPS) is 13.2. The van der Waals surface area contributed by atoms with Crippen LogP contribution < -0.4 is 16.1 Å². The van der Waals surface area contributed by atoms with Crippen LogP contribution in [0, 0.1) is 5.92 Å². The van der Waals surface area contributed by atoms with Gasteiger partial charge in [-0.15, -0.1) is 0 Å². The lowest BCUT2D eigenvalue weighted by Crippen LogP contribution is -2.53. The zero-order chi connectivity index (χ0) is 26.7. The Labute approximate surface area is 218 Å². The second-order valence-electron chi connectivity index (χ2n) is 9.02. The van der Waals surface area contributed by atoms with Crippen LogP contribution in [-0.2, 0) is 42.8 Å². The Bertz CT molecular complexity index is 1130. The smallest absolute Gasteiger partial charge is 0.368 e. The minimum Gasteiger partial charge on any atom is -0.368 e. The fourth-order valence-electron chi connectivity index (χ4n) is 3.59. The monoisotopic (exact) mass is 523 g/mol. The Kier molecular flexibility index (Phi) is 10.6. The molecule has 0 aromatic heterocycles. The van der Waals surface area contributed by atoms with Crippen molar-refractivity contribution in [2.45, 2.75) is 45.6 Å². The average molecular weight is 524 g/mol. The second kappa shape index (κ2) is 13.9. The first-order valence-corrected chi connectivity index (χ1v) is 13.7. The third-order valence-corrected chi connectivity index (χ3v) is 7.21. The summed E-state index contributed by atoms with van der Waals surface area (Å²) in [6, 6.07) is 25.9. The summed E-state index contributed by atoms with van der Waals surface area (Å²) in [4.78, 5) is 25.4. The van der Waals surface area contributed by atoms with E-state index in [1.807, 2.05) is 91.0 Å². The summed E-state index contributed by atoms with van der Waals surface area (Å²) < 4.78 is 25.4. The molecule has 37 heavy (non-hydrogen) atoms. The largest absolute Gasteiger partial charge is 0.406 e. The van der Waals surface area contributed by atoms with Crippen molar-refractivity contribution in [3.05, 3.63) is 108 Å². The number of nitrogens with two attached hydrogens (primary N) is 1. The highest BCUT2D eigenvalue weighted by molar-refractivity contribution is 7.51. The van der Waals surface area contributed by atoms with Crippen molar-refractivity contribution < 1.29 is 23.2 Å². The number of primary amides is 1. The summed E-state index contributed by atoms with van der Waals surface area (Å²) in [6.45, 7) is 3.63. The molecule has 2 atom stereocenters. The summed E-state index contributed by atoms with van der Waals surface area (Å²) in [5.74, 6) is -1.50. The van der Waals surface area contributed by atoms with E-state index in [1.165, 1.54) is 0 Å². The SMILES string of the molecule is CC(C)[C@H](NP(=O)(OCc1ccccc1)OCc1ccccc1)C(=O)N[C@@H](Cc1ccccc1)C(N)=O. The van der Waals surface area contributed by atoms with Crippen LogP contribution in [0.3, 0.4) is 0 Å². The molecule has 0 spiro atoms. The molecule has 0 saturated heterocycles.